The zero-order valence-corrected chi connectivity index (χ0v) is 12.0. The van der Waals surface area contributed by atoms with E-state index in [0.29, 0.717) is 6.42 Å². The fourth-order valence-corrected chi connectivity index (χ4v) is 3.24. The lowest BCUT2D eigenvalue weighted by Gasteiger charge is -2.32. The zero-order valence-electron chi connectivity index (χ0n) is 12.0. The maximum Gasteiger partial charge on any atom is 0.312 e. The minimum atomic E-state index is -3.23. The summed E-state index contributed by atoms with van der Waals surface area (Å²) in [4.78, 5) is 12.2. The van der Waals surface area contributed by atoms with E-state index in [1.54, 1.807) is 12.1 Å². The first-order valence-electron chi connectivity index (χ1n) is 7.49. The predicted octanol–water partition coefficient (Wildman–Crippen LogP) is 5.02. The molecule has 0 aliphatic heterocycles. The van der Waals surface area contributed by atoms with E-state index in [9.17, 15) is 13.6 Å². The van der Waals surface area contributed by atoms with Gasteiger partial charge in [-0.2, -0.15) is 8.78 Å². The van der Waals surface area contributed by atoms with Crippen molar-refractivity contribution in [1.82, 2.24) is 0 Å². The van der Waals surface area contributed by atoms with Crippen LogP contribution in [0.4, 0.5) is 8.78 Å². The molecule has 1 nitrogen and oxygen atoms in total. The Morgan fingerprint density at radius 2 is 1.95 bits per heavy atom. The van der Waals surface area contributed by atoms with E-state index in [1.807, 2.05) is 31.2 Å². The number of Topliss-reactive ketones (excluding diaryl/α,β-unsaturated/α-hetero) is 1. The number of rotatable bonds is 3. The van der Waals surface area contributed by atoms with Gasteiger partial charge in [-0.25, -0.2) is 0 Å². The molecule has 110 valence electrons. The van der Waals surface area contributed by atoms with Gasteiger partial charge >= 0.3 is 5.92 Å². The fraction of sp³-hybridized carbons (Fsp3) is 0.389. The van der Waals surface area contributed by atoms with E-state index in [2.05, 4.69) is 0 Å². The summed E-state index contributed by atoms with van der Waals surface area (Å²) in [6.45, 7) is 1.98. The molecular weight excluding hydrogens is 270 g/mol. The number of alkyl halides is 2. The zero-order chi connectivity index (χ0) is 15.0. The average Bonchev–Trinajstić information content (AvgIpc) is 2.49. The molecule has 21 heavy (non-hydrogen) atoms. The lowest BCUT2D eigenvalue weighted by molar-refractivity contribution is -0.0379. The topological polar surface area (TPSA) is 17.1 Å². The van der Waals surface area contributed by atoms with Crippen LogP contribution in [0.5, 0.6) is 0 Å². The predicted molar refractivity (Wildman–Crippen MR) is 79.9 cm³/mol. The number of benzene rings is 2. The molecule has 1 aliphatic carbocycles. The van der Waals surface area contributed by atoms with Crippen LogP contribution in [0, 0.1) is 5.92 Å². The highest BCUT2D eigenvalue weighted by atomic mass is 19.3. The third-order valence-corrected chi connectivity index (χ3v) is 4.46. The molecule has 0 saturated carbocycles. The molecule has 1 aliphatic rings. The van der Waals surface area contributed by atoms with Gasteiger partial charge in [0.2, 0.25) is 5.78 Å². The van der Waals surface area contributed by atoms with Gasteiger partial charge in [0.1, 0.15) is 0 Å². The second-order valence-electron chi connectivity index (χ2n) is 5.81. The van der Waals surface area contributed by atoms with Crippen molar-refractivity contribution in [2.24, 2.45) is 5.92 Å². The first kappa shape index (κ1) is 14.2. The van der Waals surface area contributed by atoms with Crippen LogP contribution in [-0.4, -0.2) is 11.7 Å². The van der Waals surface area contributed by atoms with Crippen LogP contribution in [0.1, 0.15) is 42.1 Å². The van der Waals surface area contributed by atoms with Crippen LogP contribution in [0.2, 0.25) is 0 Å². The SMILES string of the molecule is CCCCC1Cc2c(ccc3ccccc23)C(=O)C1(F)F. The molecule has 0 fully saturated rings. The number of carbonyl (C=O) groups excluding carboxylic acids is 1. The minimum absolute atomic E-state index is 0.200. The molecule has 0 N–H and O–H groups in total. The quantitative estimate of drug-likeness (QED) is 0.775. The Labute approximate surface area is 123 Å². The number of carbonyl (C=O) groups is 1. The maximum atomic E-state index is 14.3. The third kappa shape index (κ3) is 2.25. The minimum Gasteiger partial charge on any atom is -0.287 e. The molecule has 0 saturated heterocycles. The monoisotopic (exact) mass is 288 g/mol. The Hall–Kier alpha value is -1.77. The van der Waals surface area contributed by atoms with Crippen molar-refractivity contribution in [3.05, 3.63) is 47.5 Å². The number of fused-ring (bicyclic) bond motifs is 3. The van der Waals surface area contributed by atoms with Gasteiger partial charge in [0.15, 0.2) is 0 Å². The van der Waals surface area contributed by atoms with E-state index in [0.717, 1.165) is 29.2 Å². The van der Waals surface area contributed by atoms with Crippen LogP contribution in [-0.2, 0) is 6.42 Å². The standard InChI is InChI=1S/C18H18F2O/c1-2-3-7-13-11-16-14-8-5-4-6-12(14)9-10-15(16)17(21)18(13,19)20/h4-6,8-10,13H,2-3,7,11H2,1H3. The van der Waals surface area contributed by atoms with E-state index in [-0.39, 0.29) is 12.0 Å². The highest BCUT2D eigenvalue weighted by Gasteiger charge is 2.50. The molecule has 3 rings (SSSR count). The maximum absolute atomic E-state index is 14.3. The molecule has 0 heterocycles. The van der Waals surface area contributed by atoms with Crippen LogP contribution in [0.25, 0.3) is 10.8 Å². The molecule has 1 unspecified atom stereocenters. The van der Waals surface area contributed by atoms with Gasteiger partial charge < -0.3 is 0 Å². The van der Waals surface area contributed by atoms with Crippen molar-refractivity contribution in [1.29, 1.82) is 0 Å². The second-order valence-corrected chi connectivity index (χ2v) is 5.81. The van der Waals surface area contributed by atoms with Gasteiger partial charge in [-0.15, -0.1) is 0 Å². The number of ketones is 1. The molecule has 2 aromatic rings. The Balaban J connectivity index is 2.13. The Bertz CT molecular complexity index is 691. The fourth-order valence-electron chi connectivity index (χ4n) is 3.24. The van der Waals surface area contributed by atoms with Gasteiger partial charge in [0.05, 0.1) is 0 Å². The summed E-state index contributed by atoms with van der Waals surface area (Å²) in [5, 5.41) is 1.93. The number of hydrogen-bond acceptors (Lipinski definition) is 1. The first-order chi connectivity index (χ1) is 10.1. The van der Waals surface area contributed by atoms with Crippen LogP contribution >= 0.6 is 0 Å². The third-order valence-electron chi connectivity index (χ3n) is 4.46. The van der Waals surface area contributed by atoms with Crippen LogP contribution in [0.15, 0.2) is 36.4 Å². The lowest BCUT2D eigenvalue weighted by Crippen LogP contribution is -2.43. The van der Waals surface area contributed by atoms with Gasteiger partial charge in [0, 0.05) is 11.5 Å². The van der Waals surface area contributed by atoms with Crippen molar-refractivity contribution < 1.29 is 13.6 Å². The molecular formula is C18H18F2O. The summed E-state index contributed by atoms with van der Waals surface area (Å²) in [6.07, 6.45) is 2.28. The Morgan fingerprint density at radius 1 is 1.19 bits per heavy atom. The van der Waals surface area contributed by atoms with Gasteiger partial charge in [-0.05, 0) is 29.2 Å². The van der Waals surface area contributed by atoms with Crippen molar-refractivity contribution in [3.8, 4) is 0 Å². The highest BCUT2D eigenvalue weighted by molar-refractivity contribution is 6.07. The van der Waals surface area contributed by atoms with Crippen LogP contribution < -0.4 is 0 Å². The molecule has 0 bridgehead atoms. The van der Waals surface area contributed by atoms with E-state index in [4.69, 9.17) is 0 Å². The lowest BCUT2D eigenvalue weighted by atomic mass is 9.76. The number of hydrogen-bond donors (Lipinski definition) is 0. The Kier molecular flexibility index (Phi) is 3.52. The summed E-state index contributed by atoms with van der Waals surface area (Å²) in [6, 6.07) is 11.0. The van der Waals surface area contributed by atoms with Crippen LogP contribution in [0.3, 0.4) is 0 Å². The van der Waals surface area contributed by atoms with Crippen molar-refractivity contribution in [3.63, 3.8) is 0 Å². The average molecular weight is 288 g/mol. The largest absolute Gasteiger partial charge is 0.312 e. The number of halogens is 2. The second kappa shape index (κ2) is 5.21. The molecule has 1 atom stereocenters. The molecule has 0 aromatic heterocycles. The summed E-state index contributed by atoms with van der Waals surface area (Å²) in [5.74, 6) is -5.11. The molecule has 0 radical (unpaired) electrons. The molecule has 0 amide bonds. The van der Waals surface area contributed by atoms with Gasteiger partial charge in [-0.3, -0.25) is 4.79 Å². The number of unbranched alkanes of at least 4 members (excludes halogenated alkanes) is 1. The summed E-state index contributed by atoms with van der Waals surface area (Å²) >= 11 is 0. The normalized spacial score (nSPS) is 20.5. The van der Waals surface area contributed by atoms with Crippen molar-refractivity contribution in [2.45, 2.75) is 38.5 Å². The Morgan fingerprint density at radius 3 is 2.71 bits per heavy atom. The molecule has 2 aromatic carbocycles. The smallest absolute Gasteiger partial charge is 0.287 e. The summed E-state index contributed by atoms with van der Waals surface area (Å²) in [5.41, 5.74) is 0.997. The van der Waals surface area contributed by atoms with E-state index >= 15 is 0 Å². The molecule has 3 heteroatoms. The highest BCUT2D eigenvalue weighted by Crippen LogP contribution is 2.42. The van der Waals surface area contributed by atoms with Gasteiger partial charge in [-0.1, -0.05) is 56.2 Å². The van der Waals surface area contributed by atoms with Crippen molar-refractivity contribution >= 4 is 16.6 Å². The molecule has 0 spiro atoms. The van der Waals surface area contributed by atoms with Gasteiger partial charge in [0.25, 0.3) is 0 Å². The van der Waals surface area contributed by atoms with E-state index in [1.165, 1.54) is 0 Å². The summed E-state index contributed by atoms with van der Waals surface area (Å²) in [7, 11) is 0. The first-order valence-corrected chi connectivity index (χ1v) is 7.49. The van der Waals surface area contributed by atoms with Crippen molar-refractivity contribution in [2.75, 3.05) is 0 Å². The summed E-state index contributed by atoms with van der Waals surface area (Å²) < 4.78 is 28.6. The van der Waals surface area contributed by atoms with E-state index < -0.39 is 17.6 Å².